The molecule has 1 aromatic rings. The molecule has 0 amide bonds. The molecule has 1 fully saturated rings. The van der Waals surface area contributed by atoms with E-state index in [0.717, 1.165) is 17.9 Å². The average Bonchev–Trinajstić information content (AvgIpc) is 3.01. The first-order chi connectivity index (χ1) is 6.88. The summed E-state index contributed by atoms with van der Waals surface area (Å²) in [7, 11) is 0. The second-order valence-electron chi connectivity index (χ2n) is 3.38. The summed E-state index contributed by atoms with van der Waals surface area (Å²) >= 11 is 0. The van der Waals surface area contributed by atoms with Gasteiger partial charge in [-0.25, -0.2) is 0 Å². The summed E-state index contributed by atoms with van der Waals surface area (Å²) in [6, 6.07) is 7.79. The van der Waals surface area contributed by atoms with Crippen molar-refractivity contribution in [1.82, 2.24) is 0 Å². The summed E-state index contributed by atoms with van der Waals surface area (Å²) < 4.78 is 10.5. The predicted molar refractivity (Wildman–Crippen MR) is 52.5 cm³/mol. The van der Waals surface area contributed by atoms with Crippen molar-refractivity contribution < 1.29 is 14.6 Å². The summed E-state index contributed by atoms with van der Waals surface area (Å²) in [4.78, 5) is 0. The lowest BCUT2D eigenvalue weighted by molar-refractivity contribution is 0.263. The molecule has 14 heavy (non-hydrogen) atoms. The summed E-state index contributed by atoms with van der Waals surface area (Å²) in [5.74, 6) is 0.863. The van der Waals surface area contributed by atoms with Crippen LogP contribution in [-0.4, -0.2) is 31.0 Å². The smallest absolute Gasteiger partial charge is 0.119 e. The molecule has 0 aliphatic carbocycles. The Morgan fingerprint density at radius 3 is 2.64 bits per heavy atom. The Morgan fingerprint density at radius 1 is 1.36 bits per heavy atom. The van der Waals surface area contributed by atoms with Gasteiger partial charge in [-0.15, -0.1) is 0 Å². The molecular weight excluding hydrogens is 180 g/mol. The molecule has 0 spiro atoms. The molecule has 1 atom stereocenters. The van der Waals surface area contributed by atoms with Gasteiger partial charge >= 0.3 is 0 Å². The molecule has 0 radical (unpaired) electrons. The Bertz CT molecular complexity index is 277. The van der Waals surface area contributed by atoms with Crippen molar-refractivity contribution >= 4 is 0 Å². The van der Waals surface area contributed by atoms with Gasteiger partial charge in [-0.1, -0.05) is 12.1 Å². The Morgan fingerprint density at radius 2 is 2.07 bits per heavy atom. The van der Waals surface area contributed by atoms with E-state index in [-0.39, 0.29) is 6.61 Å². The highest BCUT2D eigenvalue weighted by Crippen LogP contribution is 2.15. The van der Waals surface area contributed by atoms with Crippen molar-refractivity contribution in [3.63, 3.8) is 0 Å². The van der Waals surface area contributed by atoms with E-state index >= 15 is 0 Å². The van der Waals surface area contributed by atoms with E-state index in [4.69, 9.17) is 14.6 Å². The van der Waals surface area contributed by atoms with Crippen molar-refractivity contribution in [3.05, 3.63) is 29.8 Å². The van der Waals surface area contributed by atoms with Gasteiger partial charge in [0.25, 0.3) is 0 Å². The van der Waals surface area contributed by atoms with Crippen LogP contribution < -0.4 is 4.74 Å². The van der Waals surface area contributed by atoms with Crippen molar-refractivity contribution in [2.24, 2.45) is 0 Å². The van der Waals surface area contributed by atoms with Crippen LogP contribution >= 0.6 is 0 Å². The molecule has 0 aromatic heterocycles. The maximum Gasteiger partial charge on any atom is 0.119 e. The van der Waals surface area contributed by atoms with E-state index in [2.05, 4.69) is 0 Å². The first-order valence-corrected chi connectivity index (χ1v) is 4.82. The minimum absolute atomic E-state index is 0.191. The molecule has 3 heteroatoms. The molecular formula is C11H14O3. The standard InChI is InChI=1S/C11H14O3/c12-6-5-9-1-3-10(4-2-9)13-7-11-8-14-11/h1-4,11-12H,5-8H2/t11-/m0/s1. The molecule has 1 heterocycles. The number of benzene rings is 1. The van der Waals surface area contributed by atoms with Crippen LogP contribution in [-0.2, 0) is 11.2 Å². The van der Waals surface area contributed by atoms with Crippen molar-refractivity contribution in [1.29, 1.82) is 0 Å². The number of aliphatic hydroxyl groups excluding tert-OH is 1. The summed E-state index contributed by atoms with van der Waals surface area (Å²) in [6.45, 7) is 1.65. The molecule has 1 aliphatic rings. The number of epoxide rings is 1. The fourth-order valence-electron chi connectivity index (χ4n) is 1.23. The lowest BCUT2D eigenvalue weighted by Crippen LogP contribution is -2.03. The highest BCUT2D eigenvalue weighted by Gasteiger charge is 2.22. The third kappa shape index (κ3) is 2.72. The number of rotatable bonds is 5. The topological polar surface area (TPSA) is 42.0 Å². The Balaban J connectivity index is 1.84. The largest absolute Gasteiger partial charge is 0.491 e. The number of ether oxygens (including phenoxy) is 2. The van der Waals surface area contributed by atoms with Gasteiger partial charge in [-0.2, -0.15) is 0 Å². The lowest BCUT2D eigenvalue weighted by atomic mass is 10.1. The van der Waals surface area contributed by atoms with E-state index in [1.165, 1.54) is 0 Å². The first-order valence-electron chi connectivity index (χ1n) is 4.82. The molecule has 1 aromatic carbocycles. The van der Waals surface area contributed by atoms with Crippen LogP contribution in [0.2, 0.25) is 0 Å². The monoisotopic (exact) mass is 194 g/mol. The molecule has 3 nitrogen and oxygen atoms in total. The second kappa shape index (κ2) is 4.44. The van der Waals surface area contributed by atoms with Gasteiger partial charge in [0, 0.05) is 6.61 Å². The molecule has 1 aliphatic heterocycles. The maximum atomic E-state index is 8.73. The van der Waals surface area contributed by atoms with Crippen LogP contribution in [0.25, 0.3) is 0 Å². The molecule has 76 valence electrons. The third-order valence-corrected chi connectivity index (χ3v) is 2.16. The number of aliphatic hydroxyl groups is 1. The van der Waals surface area contributed by atoms with Gasteiger partial charge in [0.05, 0.1) is 6.61 Å². The third-order valence-electron chi connectivity index (χ3n) is 2.16. The van der Waals surface area contributed by atoms with E-state index < -0.39 is 0 Å². The maximum absolute atomic E-state index is 8.73. The van der Waals surface area contributed by atoms with E-state index in [1.807, 2.05) is 24.3 Å². The fourth-order valence-corrected chi connectivity index (χ4v) is 1.23. The van der Waals surface area contributed by atoms with E-state index in [0.29, 0.717) is 19.1 Å². The van der Waals surface area contributed by atoms with Gasteiger partial charge in [-0.3, -0.25) is 0 Å². The van der Waals surface area contributed by atoms with Crippen molar-refractivity contribution in [2.75, 3.05) is 19.8 Å². The zero-order chi connectivity index (χ0) is 9.80. The second-order valence-corrected chi connectivity index (χ2v) is 3.38. The molecule has 2 rings (SSSR count). The predicted octanol–water partition coefficient (Wildman–Crippen LogP) is 0.999. The van der Waals surface area contributed by atoms with Gasteiger partial charge in [0.2, 0.25) is 0 Å². The van der Waals surface area contributed by atoms with E-state index in [9.17, 15) is 0 Å². The Hall–Kier alpha value is -1.06. The Labute approximate surface area is 83.3 Å². The van der Waals surface area contributed by atoms with Gasteiger partial charge < -0.3 is 14.6 Å². The van der Waals surface area contributed by atoms with Gasteiger partial charge in [0.15, 0.2) is 0 Å². The molecule has 0 saturated carbocycles. The van der Waals surface area contributed by atoms with Crippen molar-refractivity contribution in [3.8, 4) is 5.75 Å². The summed E-state index contributed by atoms with van der Waals surface area (Å²) in [5.41, 5.74) is 1.13. The molecule has 1 N–H and O–H groups in total. The zero-order valence-corrected chi connectivity index (χ0v) is 7.98. The minimum Gasteiger partial charge on any atom is -0.491 e. The van der Waals surface area contributed by atoms with E-state index in [1.54, 1.807) is 0 Å². The zero-order valence-electron chi connectivity index (χ0n) is 7.98. The first kappa shape index (κ1) is 9.49. The van der Waals surface area contributed by atoms with Crippen LogP contribution in [0.5, 0.6) is 5.75 Å². The van der Waals surface area contributed by atoms with Crippen LogP contribution in [0, 0.1) is 0 Å². The highest BCUT2D eigenvalue weighted by molar-refractivity contribution is 5.27. The fraction of sp³-hybridized carbons (Fsp3) is 0.455. The minimum atomic E-state index is 0.191. The van der Waals surface area contributed by atoms with Crippen LogP contribution in [0.15, 0.2) is 24.3 Å². The SMILES string of the molecule is OCCc1ccc(OC[C@H]2CO2)cc1. The molecule has 0 bridgehead atoms. The summed E-state index contributed by atoms with van der Waals surface area (Å²) in [6.07, 6.45) is 0.999. The molecule has 1 saturated heterocycles. The van der Waals surface area contributed by atoms with Crippen LogP contribution in [0.3, 0.4) is 0 Å². The lowest BCUT2D eigenvalue weighted by Gasteiger charge is -2.04. The number of hydrogen-bond acceptors (Lipinski definition) is 3. The number of hydrogen-bond donors (Lipinski definition) is 1. The van der Waals surface area contributed by atoms with Crippen LogP contribution in [0.1, 0.15) is 5.56 Å². The summed E-state index contributed by atoms with van der Waals surface area (Å²) in [5, 5.41) is 8.73. The van der Waals surface area contributed by atoms with Crippen LogP contribution in [0.4, 0.5) is 0 Å². The average molecular weight is 194 g/mol. The molecule has 0 unspecified atom stereocenters. The van der Waals surface area contributed by atoms with Gasteiger partial charge in [0.1, 0.15) is 18.5 Å². The quantitative estimate of drug-likeness (QED) is 0.711. The Kier molecular flexibility index (Phi) is 3.01. The normalized spacial score (nSPS) is 19.4. The van der Waals surface area contributed by atoms with Crippen molar-refractivity contribution in [2.45, 2.75) is 12.5 Å². The highest BCUT2D eigenvalue weighted by atomic mass is 16.6. The van der Waals surface area contributed by atoms with Gasteiger partial charge in [-0.05, 0) is 24.1 Å².